The van der Waals surface area contributed by atoms with Gasteiger partial charge in [-0.05, 0) is 54.8 Å². The lowest BCUT2D eigenvalue weighted by Gasteiger charge is -2.14. The van der Waals surface area contributed by atoms with Crippen LogP contribution >= 0.6 is 0 Å². The van der Waals surface area contributed by atoms with Crippen LogP contribution in [-0.4, -0.2) is 54.3 Å². The number of ether oxygens (including phenoxy) is 1. The molecule has 2 rings (SSSR count). The van der Waals surface area contributed by atoms with E-state index >= 15 is 0 Å². The van der Waals surface area contributed by atoms with Gasteiger partial charge in [0.2, 0.25) is 20.0 Å². The number of sulfonamides is 2. The fourth-order valence-electron chi connectivity index (χ4n) is 2.52. The zero-order valence-corrected chi connectivity index (χ0v) is 20.4. The third kappa shape index (κ3) is 6.76. The van der Waals surface area contributed by atoms with E-state index in [0.29, 0.717) is 23.5 Å². The number of anilines is 1. The molecule has 0 aliphatic heterocycles. The molecule has 0 spiro atoms. The van der Waals surface area contributed by atoms with Gasteiger partial charge in [-0.3, -0.25) is 4.79 Å². The van der Waals surface area contributed by atoms with E-state index in [1.807, 2.05) is 13.8 Å². The minimum absolute atomic E-state index is 0.0622. The normalized spacial score (nSPS) is 12.2. The molecule has 0 heterocycles. The third-order valence-corrected chi connectivity index (χ3v) is 7.70. The van der Waals surface area contributed by atoms with Crippen molar-refractivity contribution < 1.29 is 26.4 Å². The summed E-state index contributed by atoms with van der Waals surface area (Å²) in [6, 6.07) is 10.2. The second kappa shape index (κ2) is 10.4. The molecule has 2 aromatic rings. The number of hydrogen-bond donors (Lipinski definition) is 2. The Bertz CT molecular complexity index is 1160. The highest BCUT2D eigenvalue weighted by Gasteiger charge is 2.19. The summed E-state index contributed by atoms with van der Waals surface area (Å²) in [5.74, 6) is 0.0182. The molecule has 0 bridgehead atoms. The van der Waals surface area contributed by atoms with Crippen LogP contribution in [-0.2, 0) is 24.8 Å². The lowest BCUT2D eigenvalue weighted by atomic mass is 10.2. The molecule has 0 unspecified atom stereocenters. The van der Waals surface area contributed by atoms with Crippen molar-refractivity contribution in [3.8, 4) is 5.75 Å². The highest BCUT2D eigenvalue weighted by molar-refractivity contribution is 7.89. The lowest BCUT2D eigenvalue weighted by molar-refractivity contribution is -0.118. The Morgan fingerprint density at radius 2 is 1.59 bits per heavy atom. The zero-order valence-electron chi connectivity index (χ0n) is 18.7. The van der Waals surface area contributed by atoms with Gasteiger partial charge < -0.3 is 10.1 Å². The van der Waals surface area contributed by atoms with E-state index in [2.05, 4.69) is 10.0 Å². The summed E-state index contributed by atoms with van der Waals surface area (Å²) in [7, 11) is -4.39. The molecule has 0 aliphatic carbocycles. The van der Waals surface area contributed by atoms with Gasteiger partial charge in [0.05, 0.1) is 9.79 Å². The first-order valence-corrected chi connectivity index (χ1v) is 12.8. The molecule has 11 heteroatoms. The molecular formula is C21H29N3O6S2. The number of rotatable bonds is 10. The van der Waals surface area contributed by atoms with Crippen molar-refractivity contribution in [3.63, 3.8) is 0 Å². The number of aryl methyl sites for hydroxylation is 1. The smallest absolute Gasteiger partial charge is 0.262 e. The van der Waals surface area contributed by atoms with Gasteiger partial charge in [-0.1, -0.05) is 19.9 Å². The van der Waals surface area contributed by atoms with E-state index in [4.69, 9.17) is 4.74 Å². The van der Waals surface area contributed by atoms with Crippen LogP contribution in [0.25, 0.3) is 0 Å². The first kappa shape index (κ1) is 25.8. The Morgan fingerprint density at radius 1 is 1.00 bits per heavy atom. The minimum Gasteiger partial charge on any atom is -0.484 e. The van der Waals surface area contributed by atoms with Crippen LogP contribution in [0, 0.1) is 12.8 Å². The van der Waals surface area contributed by atoms with Crippen LogP contribution in [0.2, 0.25) is 0 Å². The van der Waals surface area contributed by atoms with Gasteiger partial charge >= 0.3 is 0 Å². The molecule has 0 radical (unpaired) electrons. The number of benzene rings is 2. The second-order valence-corrected chi connectivity index (χ2v) is 11.7. The number of nitrogens with one attached hydrogen (secondary N) is 2. The summed E-state index contributed by atoms with van der Waals surface area (Å²) in [5.41, 5.74) is 1.05. The van der Waals surface area contributed by atoms with E-state index in [0.717, 1.165) is 4.31 Å². The van der Waals surface area contributed by atoms with Crippen molar-refractivity contribution in [2.75, 3.05) is 32.6 Å². The van der Waals surface area contributed by atoms with E-state index in [1.165, 1.54) is 50.5 Å². The van der Waals surface area contributed by atoms with Crippen molar-refractivity contribution in [1.29, 1.82) is 0 Å². The van der Waals surface area contributed by atoms with Crippen molar-refractivity contribution in [2.24, 2.45) is 5.92 Å². The average Bonchev–Trinajstić information content (AvgIpc) is 2.72. The summed E-state index contributed by atoms with van der Waals surface area (Å²) >= 11 is 0. The molecule has 2 aromatic carbocycles. The number of hydrogen-bond acceptors (Lipinski definition) is 6. The number of carbonyl (C=O) groups is 1. The van der Waals surface area contributed by atoms with Gasteiger partial charge in [0.15, 0.2) is 6.61 Å². The van der Waals surface area contributed by atoms with Gasteiger partial charge in [0, 0.05) is 26.3 Å². The summed E-state index contributed by atoms with van der Waals surface area (Å²) < 4.78 is 58.1. The topological polar surface area (TPSA) is 122 Å². The summed E-state index contributed by atoms with van der Waals surface area (Å²) in [4.78, 5) is 12.5. The first-order valence-electron chi connectivity index (χ1n) is 9.88. The quantitative estimate of drug-likeness (QED) is 0.534. The largest absolute Gasteiger partial charge is 0.484 e. The predicted molar refractivity (Wildman–Crippen MR) is 123 cm³/mol. The highest BCUT2D eigenvalue weighted by Crippen LogP contribution is 2.22. The lowest BCUT2D eigenvalue weighted by Crippen LogP contribution is -2.27. The maximum absolute atomic E-state index is 12.3. The van der Waals surface area contributed by atoms with Crippen LogP contribution in [0.4, 0.5) is 5.69 Å². The van der Waals surface area contributed by atoms with Crippen molar-refractivity contribution in [2.45, 2.75) is 30.6 Å². The predicted octanol–water partition coefficient (Wildman–Crippen LogP) is 2.20. The molecule has 32 heavy (non-hydrogen) atoms. The van der Waals surface area contributed by atoms with Gasteiger partial charge in [-0.25, -0.2) is 25.9 Å². The van der Waals surface area contributed by atoms with E-state index < -0.39 is 26.0 Å². The van der Waals surface area contributed by atoms with Gasteiger partial charge in [-0.2, -0.15) is 0 Å². The Balaban J connectivity index is 2.02. The van der Waals surface area contributed by atoms with Crippen molar-refractivity contribution in [3.05, 3.63) is 48.0 Å². The molecule has 0 aliphatic rings. The highest BCUT2D eigenvalue weighted by atomic mass is 32.2. The molecular weight excluding hydrogens is 454 g/mol. The molecule has 176 valence electrons. The minimum atomic E-state index is -3.64. The van der Waals surface area contributed by atoms with E-state index in [1.54, 1.807) is 13.0 Å². The summed E-state index contributed by atoms with van der Waals surface area (Å²) in [6.45, 7) is 5.56. The summed E-state index contributed by atoms with van der Waals surface area (Å²) in [5, 5.41) is 2.64. The van der Waals surface area contributed by atoms with Crippen molar-refractivity contribution in [1.82, 2.24) is 9.03 Å². The van der Waals surface area contributed by atoms with Crippen LogP contribution in [0.1, 0.15) is 19.4 Å². The fourth-order valence-corrected chi connectivity index (χ4v) is 4.66. The molecule has 0 saturated heterocycles. The maximum atomic E-state index is 12.3. The van der Waals surface area contributed by atoms with Gasteiger partial charge in [-0.15, -0.1) is 0 Å². The Labute approximate surface area is 189 Å². The molecule has 1 amide bonds. The van der Waals surface area contributed by atoms with Gasteiger partial charge in [0.1, 0.15) is 5.75 Å². The van der Waals surface area contributed by atoms with E-state index in [9.17, 15) is 21.6 Å². The van der Waals surface area contributed by atoms with Crippen LogP contribution in [0.3, 0.4) is 0 Å². The molecule has 0 saturated carbocycles. The van der Waals surface area contributed by atoms with Crippen molar-refractivity contribution >= 4 is 31.6 Å². The maximum Gasteiger partial charge on any atom is 0.262 e. The van der Waals surface area contributed by atoms with E-state index in [-0.39, 0.29) is 22.3 Å². The summed E-state index contributed by atoms with van der Waals surface area (Å²) in [6.07, 6.45) is 0. The standard InChI is InChI=1S/C21H29N3O6S2/c1-15(2)13-22-31(26,27)18-10-7-17(8-11-18)30-14-21(25)23-20-12-19(9-6-16(20)3)32(28,29)24(4)5/h6-12,15,22H,13-14H2,1-5H3,(H,23,25). The molecule has 0 aromatic heterocycles. The Morgan fingerprint density at radius 3 is 2.16 bits per heavy atom. The molecule has 2 N–H and O–H groups in total. The Hall–Kier alpha value is -2.47. The number of amides is 1. The third-order valence-electron chi connectivity index (χ3n) is 4.45. The van der Waals surface area contributed by atoms with Crippen LogP contribution in [0.15, 0.2) is 52.3 Å². The molecule has 9 nitrogen and oxygen atoms in total. The monoisotopic (exact) mass is 483 g/mol. The second-order valence-electron chi connectivity index (χ2n) is 7.82. The van der Waals surface area contributed by atoms with Crippen LogP contribution in [0.5, 0.6) is 5.75 Å². The number of nitrogens with zero attached hydrogens (tertiary/aromatic N) is 1. The zero-order chi connectivity index (χ0) is 24.1. The first-order chi connectivity index (χ1) is 14.8. The number of carbonyl (C=O) groups excluding carboxylic acids is 1. The average molecular weight is 484 g/mol. The molecule has 0 atom stereocenters. The van der Waals surface area contributed by atoms with Gasteiger partial charge in [0.25, 0.3) is 5.91 Å². The fraction of sp³-hybridized carbons (Fsp3) is 0.381. The SMILES string of the molecule is Cc1ccc(S(=O)(=O)N(C)C)cc1NC(=O)COc1ccc(S(=O)(=O)NCC(C)C)cc1. The molecule has 0 fully saturated rings. The van der Waals surface area contributed by atoms with Crippen LogP contribution < -0.4 is 14.8 Å². The Kier molecular flexibility index (Phi) is 8.41.